The van der Waals surface area contributed by atoms with Crippen LogP contribution in [-0.4, -0.2) is 39.3 Å². The van der Waals surface area contributed by atoms with E-state index in [-0.39, 0.29) is 40.5 Å². The zero-order valence-electron chi connectivity index (χ0n) is 19.0. The van der Waals surface area contributed by atoms with Crippen LogP contribution in [0.2, 0.25) is 0 Å². The number of anilines is 1. The summed E-state index contributed by atoms with van der Waals surface area (Å²) >= 11 is 0. The standard InChI is InChI=1S/C24H27N3O6S/c1-3-24(13-12-21(28)26-23(24)30)16-5-7-17(8-6-16)25-22(29)15-4-11-19(33-2)20(14-15)34(31,32)27-18-9-10-18/h4-8,11,14,18,27H,3,9-10,12-13H2,1-2H3,(H,25,29)(H,26,28,30)/t24-/m0/s1. The van der Waals surface area contributed by atoms with Crippen molar-refractivity contribution in [1.29, 1.82) is 0 Å². The molecule has 1 heterocycles. The first-order chi connectivity index (χ1) is 16.2. The zero-order chi connectivity index (χ0) is 24.5. The van der Waals surface area contributed by atoms with Crippen molar-refractivity contribution >= 4 is 33.4 Å². The molecule has 2 aromatic carbocycles. The second kappa shape index (κ2) is 9.19. The third kappa shape index (κ3) is 4.69. The molecule has 2 aliphatic rings. The van der Waals surface area contributed by atoms with E-state index in [1.165, 1.54) is 25.3 Å². The number of rotatable bonds is 8. The maximum absolute atomic E-state index is 12.9. The Bertz CT molecular complexity index is 1240. The molecule has 0 radical (unpaired) electrons. The third-order valence-corrected chi connectivity index (χ3v) is 7.92. The summed E-state index contributed by atoms with van der Waals surface area (Å²) in [6.07, 6.45) is 2.81. The van der Waals surface area contributed by atoms with Gasteiger partial charge in [0.1, 0.15) is 10.6 Å². The number of methoxy groups -OCH3 is 1. The van der Waals surface area contributed by atoms with Crippen molar-refractivity contribution in [1.82, 2.24) is 10.0 Å². The van der Waals surface area contributed by atoms with Crippen molar-refractivity contribution < 1.29 is 27.5 Å². The second-order valence-electron chi connectivity index (χ2n) is 8.61. The van der Waals surface area contributed by atoms with Crippen LogP contribution in [0.15, 0.2) is 47.4 Å². The number of hydrogen-bond acceptors (Lipinski definition) is 6. The summed E-state index contributed by atoms with van der Waals surface area (Å²) in [5.74, 6) is -0.909. The predicted molar refractivity (Wildman–Crippen MR) is 125 cm³/mol. The minimum atomic E-state index is -3.82. The first kappa shape index (κ1) is 23.9. The van der Waals surface area contributed by atoms with Crippen molar-refractivity contribution in [3.63, 3.8) is 0 Å². The lowest BCUT2D eigenvalue weighted by atomic mass is 9.72. The summed E-state index contributed by atoms with van der Waals surface area (Å²) in [5.41, 5.74) is 0.631. The van der Waals surface area contributed by atoms with Gasteiger partial charge >= 0.3 is 0 Å². The lowest BCUT2D eigenvalue weighted by Crippen LogP contribution is -2.51. The van der Waals surface area contributed by atoms with Crippen LogP contribution < -0.4 is 20.1 Å². The molecule has 3 amide bonds. The van der Waals surface area contributed by atoms with Crippen LogP contribution in [0.5, 0.6) is 5.75 Å². The van der Waals surface area contributed by atoms with Gasteiger partial charge in [0.25, 0.3) is 5.91 Å². The molecule has 0 aromatic heterocycles. The quantitative estimate of drug-likeness (QED) is 0.493. The van der Waals surface area contributed by atoms with Gasteiger partial charge in [0.05, 0.1) is 12.5 Å². The number of hydrogen-bond donors (Lipinski definition) is 3. The molecule has 1 saturated carbocycles. The fourth-order valence-electron chi connectivity index (χ4n) is 4.15. The lowest BCUT2D eigenvalue weighted by Gasteiger charge is -2.35. The molecule has 2 fully saturated rings. The number of benzene rings is 2. The number of ether oxygens (including phenoxy) is 1. The SMILES string of the molecule is CC[C@@]1(c2ccc(NC(=O)c3ccc(OC)c(S(=O)(=O)NC4CC4)c3)cc2)CCC(=O)NC1=O. The molecule has 0 unspecified atom stereocenters. The largest absolute Gasteiger partial charge is 0.495 e. The molecule has 1 atom stereocenters. The zero-order valence-corrected chi connectivity index (χ0v) is 19.8. The Morgan fingerprint density at radius 1 is 1.15 bits per heavy atom. The molecule has 1 aliphatic heterocycles. The number of amides is 3. The summed E-state index contributed by atoms with van der Waals surface area (Å²) < 4.78 is 33.2. The van der Waals surface area contributed by atoms with Crippen LogP contribution in [0, 0.1) is 0 Å². The van der Waals surface area contributed by atoms with Gasteiger partial charge in [0.15, 0.2) is 0 Å². The van der Waals surface area contributed by atoms with Gasteiger partial charge in [-0.15, -0.1) is 0 Å². The first-order valence-corrected chi connectivity index (χ1v) is 12.6. The van der Waals surface area contributed by atoms with Gasteiger partial charge in [-0.05, 0) is 61.6 Å². The lowest BCUT2D eigenvalue weighted by molar-refractivity contribution is -0.138. The third-order valence-electron chi connectivity index (χ3n) is 6.38. The van der Waals surface area contributed by atoms with E-state index in [2.05, 4.69) is 15.4 Å². The molecule has 1 saturated heterocycles. The topological polar surface area (TPSA) is 131 Å². The number of piperidine rings is 1. The van der Waals surface area contributed by atoms with Crippen LogP contribution in [0.4, 0.5) is 5.69 Å². The second-order valence-corrected chi connectivity index (χ2v) is 10.3. The highest BCUT2D eigenvalue weighted by atomic mass is 32.2. The Kier molecular flexibility index (Phi) is 6.46. The molecule has 0 spiro atoms. The van der Waals surface area contributed by atoms with Gasteiger partial charge in [0.2, 0.25) is 21.8 Å². The number of carbonyl (C=O) groups is 3. The molecule has 1 aliphatic carbocycles. The molecule has 180 valence electrons. The van der Waals surface area contributed by atoms with Crippen LogP contribution >= 0.6 is 0 Å². The Labute approximate surface area is 198 Å². The summed E-state index contributed by atoms with van der Waals surface area (Å²) in [6, 6.07) is 11.1. The molecular formula is C24H27N3O6S. The van der Waals surface area contributed by atoms with Crippen LogP contribution in [0.1, 0.15) is 54.9 Å². The number of nitrogens with one attached hydrogen (secondary N) is 3. The van der Waals surface area contributed by atoms with E-state index >= 15 is 0 Å². The number of carbonyl (C=O) groups excluding carboxylic acids is 3. The van der Waals surface area contributed by atoms with E-state index in [4.69, 9.17) is 4.74 Å². The van der Waals surface area contributed by atoms with Crippen LogP contribution in [0.25, 0.3) is 0 Å². The summed E-state index contributed by atoms with van der Waals surface area (Å²) in [4.78, 5) is 36.9. The average molecular weight is 486 g/mol. The van der Waals surface area contributed by atoms with Crippen molar-refractivity contribution in [2.75, 3.05) is 12.4 Å². The predicted octanol–water partition coefficient (Wildman–Crippen LogP) is 2.47. The molecular weight excluding hydrogens is 458 g/mol. The van der Waals surface area contributed by atoms with E-state index in [0.29, 0.717) is 18.5 Å². The molecule has 2 aromatic rings. The van der Waals surface area contributed by atoms with Gasteiger partial charge in [0, 0.05) is 23.7 Å². The molecule has 34 heavy (non-hydrogen) atoms. The van der Waals surface area contributed by atoms with E-state index in [1.54, 1.807) is 24.3 Å². The number of imide groups is 1. The maximum atomic E-state index is 12.9. The summed E-state index contributed by atoms with van der Waals surface area (Å²) in [7, 11) is -2.45. The molecule has 9 nitrogen and oxygen atoms in total. The smallest absolute Gasteiger partial charge is 0.255 e. The Morgan fingerprint density at radius 3 is 2.44 bits per heavy atom. The molecule has 10 heteroatoms. The van der Waals surface area contributed by atoms with Crippen LogP contribution in [0.3, 0.4) is 0 Å². The van der Waals surface area contributed by atoms with Gasteiger partial charge in [-0.2, -0.15) is 0 Å². The Hall–Kier alpha value is -3.24. The Balaban J connectivity index is 1.53. The first-order valence-electron chi connectivity index (χ1n) is 11.1. The van der Waals surface area contributed by atoms with Gasteiger partial charge in [-0.1, -0.05) is 19.1 Å². The fraction of sp³-hybridized carbons (Fsp3) is 0.375. The number of sulfonamides is 1. The molecule has 4 rings (SSSR count). The normalized spacial score (nSPS) is 20.5. The minimum Gasteiger partial charge on any atom is -0.495 e. The van der Waals surface area contributed by atoms with Crippen molar-refractivity contribution in [3.8, 4) is 5.75 Å². The average Bonchev–Trinajstić information content (AvgIpc) is 3.63. The summed E-state index contributed by atoms with van der Waals surface area (Å²) in [5, 5.41) is 5.17. The highest BCUT2D eigenvalue weighted by Crippen LogP contribution is 2.36. The highest BCUT2D eigenvalue weighted by molar-refractivity contribution is 7.89. The van der Waals surface area contributed by atoms with Crippen molar-refractivity contribution in [2.24, 2.45) is 0 Å². The Morgan fingerprint density at radius 2 is 1.85 bits per heavy atom. The monoisotopic (exact) mass is 485 g/mol. The van der Waals surface area contributed by atoms with Gasteiger partial charge < -0.3 is 10.1 Å². The van der Waals surface area contributed by atoms with Crippen molar-refractivity contribution in [2.45, 2.75) is 55.4 Å². The van der Waals surface area contributed by atoms with Gasteiger partial charge in [-0.25, -0.2) is 13.1 Å². The van der Waals surface area contributed by atoms with E-state index < -0.39 is 21.3 Å². The fourth-order valence-corrected chi connectivity index (χ4v) is 5.65. The van der Waals surface area contributed by atoms with Crippen LogP contribution in [-0.2, 0) is 25.0 Å². The van der Waals surface area contributed by atoms with Gasteiger partial charge in [-0.3, -0.25) is 19.7 Å². The van der Waals surface area contributed by atoms with E-state index in [1.807, 2.05) is 6.92 Å². The maximum Gasteiger partial charge on any atom is 0.255 e. The van der Waals surface area contributed by atoms with E-state index in [0.717, 1.165) is 18.4 Å². The molecule has 0 bridgehead atoms. The minimum absolute atomic E-state index is 0.0820. The highest BCUT2D eigenvalue weighted by Gasteiger charge is 2.42. The van der Waals surface area contributed by atoms with Crippen molar-refractivity contribution in [3.05, 3.63) is 53.6 Å². The summed E-state index contributed by atoms with van der Waals surface area (Å²) in [6.45, 7) is 1.90. The van der Waals surface area contributed by atoms with E-state index in [9.17, 15) is 22.8 Å². The molecule has 3 N–H and O–H groups in total.